The summed E-state index contributed by atoms with van der Waals surface area (Å²) in [6.07, 6.45) is 1.68. The number of pyridine rings is 1. The molecule has 0 amide bonds. The maximum atomic E-state index is 6.73. The second-order valence-electron chi connectivity index (χ2n) is 15.2. The molecule has 0 fully saturated rings. The molecular formula is C46H37N3O2Pt. The van der Waals surface area contributed by atoms with Crippen molar-refractivity contribution in [3.8, 4) is 28.4 Å². The Kier molecular flexibility index (Phi) is 7.28. The Bertz CT molecular complexity index is 2700. The molecule has 0 bridgehead atoms. The van der Waals surface area contributed by atoms with E-state index in [1.807, 2.05) is 18.3 Å². The smallest absolute Gasteiger partial charge is 0.510 e. The number of fused-ring (bicyclic) bond motifs is 11. The first kappa shape index (κ1) is 32.9. The van der Waals surface area contributed by atoms with Gasteiger partial charge in [-0.2, -0.15) is 6.07 Å². The zero-order valence-electron chi connectivity index (χ0n) is 30.2. The molecule has 0 saturated carbocycles. The van der Waals surface area contributed by atoms with Crippen LogP contribution in [0.15, 0.2) is 90.1 Å². The maximum absolute atomic E-state index is 6.73. The fourth-order valence-corrected chi connectivity index (χ4v) is 8.63. The van der Waals surface area contributed by atoms with E-state index in [0.717, 1.165) is 33.4 Å². The standard InChI is InChI=1S/C46H37N3O2.Pt/c1-24-10-12-31-33(17-24)34-18-25(2)11-13-32(34)43-41(31)48-45(51-43)29-15-26(3)16-30(22-29)50-40-23-39-35(21-28(40)5)36-19-27(4)20-38-42(36)49(39)44-37(46(38,6)7)9-8-14-47-44;/h8-21,41,43H,1-7H3;/q-2;+2/t41-,43+;/m1./s1. The summed E-state index contributed by atoms with van der Waals surface area (Å²) in [5.74, 6) is 2.79. The van der Waals surface area contributed by atoms with E-state index in [1.54, 1.807) is 0 Å². The van der Waals surface area contributed by atoms with Gasteiger partial charge in [-0.15, -0.1) is 28.6 Å². The van der Waals surface area contributed by atoms with Crippen molar-refractivity contribution in [3.63, 3.8) is 0 Å². The van der Waals surface area contributed by atoms with Crippen LogP contribution in [0.2, 0.25) is 0 Å². The number of nitrogens with zero attached hydrogens (tertiary/aromatic N) is 3. The van der Waals surface area contributed by atoms with E-state index in [-0.39, 0.29) is 38.6 Å². The molecular weight excluding hydrogens is 822 g/mol. The van der Waals surface area contributed by atoms with Crippen LogP contribution in [0.1, 0.15) is 81.6 Å². The van der Waals surface area contributed by atoms with Crippen LogP contribution < -0.4 is 4.74 Å². The van der Waals surface area contributed by atoms with Crippen LogP contribution in [-0.2, 0) is 31.2 Å². The molecule has 0 unspecified atom stereocenters. The monoisotopic (exact) mass is 858 g/mol. The van der Waals surface area contributed by atoms with E-state index < -0.39 is 0 Å². The van der Waals surface area contributed by atoms with E-state index in [0.29, 0.717) is 17.4 Å². The summed E-state index contributed by atoms with van der Waals surface area (Å²) in [5, 5.41) is 2.36. The molecule has 1 aliphatic carbocycles. The molecule has 0 N–H and O–H groups in total. The van der Waals surface area contributed by atoms with Gasteiger partial charge in [0.2, 0.25) is 0 Å². The minimum atomic E-state index is -0.197. The zero-order valence-corrected chi connectivity index (χ0v) is 32.5. The molecule has 4 heterocycles. The van der Waals surface area contributed by atoms with Crippen molar-refractivity contribution in [1.29, 1.82) is 0 Å². The third-order valence-corrected chi connectivity index (χ3v) is 11.1. The summed E-state index contributed by atoms with van der Waals surface area (Å²) in [4.78, 5) is 10.1. The van der Waals surface area contributed by atoms with E-state index >= 15 is 0 Å². The van der Waals surface area contributed by atoms with Gasteiger partial charge < -0.3 is 14.0 Å². The Hall–Kier alpha value is -4.99. The fourth-order valence-electron chi connectivity index (χ4n) is 8.63. The fraction of sp³-hybridized carbons (Fsp3) is 0.217. The van der Waals surface area contributed by atoms with Crippen LogP contribution in [0.5, 0.6) is 11.5 Å². The zero-order chi connectivity index (χ0) is 34.9. The summed E-state index contributed by atoms with van der Waals surface area (Å²) in [6.45, 7) is 15.2. The molecule has 0 radical (unpaired) electrons. The normalized spacial score (nSPS) is 17.4. The van der Waals surface area contributed by atoms with E-state index in [2.05, 4.69) is 132 Å². The molecule has 3 aliphatic rings. The molecule has 10 rings (SSSR count). The molecule has 258 valence electrons. The summed E-state index contributed by atoms with van der Waals surface area (Å²) < 4.78 is 15.7. The molecule has 5 nitrogen and oxygen atoms in total. The number of ether oxygens (including phenoxy) is 2. The van der Waals surface area contributed by atoms with Gasteiger partial charge in [0.05, 0.1) is 0 Å². The van der Waals surface area contributed by atoms with E-state index in [1.165, 1.54) is 61.0 Å². The number of aliphatic imine (C=N–C) groups is 1. The number of aryl methyl sites for hydroxylation is 5. The van der Waals surface area contributed by atoms with E-state index in [9.17, 15) is 0 Å². The summed E-state index contributed by atoms with van der Waals surface area (Å²) in [7, 11) is 0. The molecule has 5 aromatic carbocycles. The summed E-state index contributed by atoms with van der Waals surface area (Å²) in [5.41, 5.74) is 15.8. The summed E-state index contributed by atoms with van der Waals surface area (Å²) in [6, 6.07) is 35.5. The third kappa shape index (κ3) is 4.71. The van der Waals surface area contributed by atoms with Gasteiger partial charge in [0.1, 0.15) is 23.9 Å². The first-order valence-corrected chi connectivity index (χ1v) is 17.7. The average Bonchev–Trinajstić information content (AvgIpc) is 3.68. The van der Waals surface area contributed by atoms with Gasteiger partial charge in [0, 0.05) is 39.8 Å². The summed E-state index contributed by atoms with van der Waals surface area (Å²) >= 11 is 0. The second-order valence-corrected chi connectivity index (χ2v) is 15.2. The van der Waals surface area contributed by atoms with Gasteiger partial charge in [-0.05, 0) is 54.5 Å². The van der Waals surface area contributed by atoms with Crippen LogP contribution in [-0.4, -0.2) is 15.4 Å². The number of aromatic nitrogens is 2. The largest absolute Gasteiger partial charge is 2.00 e. The first-order chi connectivity index (χ1) is 24.5. The van der Waals surface area contributed by atoms with Gasteiger partial charge in [-0.3, -0.25) is 4.99 Å². The number of rotatable bonds is 3. The minimum absolute atomic E-state index is 0. The van der Waals surface area contributed by atoms with Crippen molar-refractivity contribution in [3.05, 3.63) is 153 Å². The van der Waals surface area contributed by atoms with Crippen LogP contribution in [0.3, 0.4) is 0 Å². The number of benzene rings is 5. The molecule has 7 aromatic rings. The Morgan fingerprint density at radius 3 is 2.27 bits per heavy atom. The van der Waals surface area contributed by atoms with Crippen LogP contribution >= 0.6 is 0 Å². The molecule has 2 aromatic heterocycles. The van der Waals surface area contributed by atoms with Gasteiger partial charge in [0.15, 0.2) is 0 Å². The van der Waals surface area contributed by atoms with Gasteiger partial charge in [0.25, 0.3) is 0 Å². The Morgan fingerprint density at radius 2 is 1.48 bits per heavy atom. The maximum Gasteiger partial charge on any atom is 2.00 e. The second kappa shape index (κ2) is 11.5. The molecule has 0 spiro atoms. The van der Waals surface area contributed by atoms with Crippen molar-refractivity contribution in [1.82, 2.24) is 9.55 Å². The average molecular weight is 859 g/mol. The Morgan fingerprint density at radius 1 is 0.750 bits per heavy atom. The Balaban J connectivity index is 0.00000360. The predicted molar refractivity (Wildman–Crippen MR) is 204 cm³/mol. The molecule has 52 heavy (non-hydrogen) atoms. The van der Waals surface area contributed by atoms with Crippen molar-refractivity contribution in [2.45, 2.75) is 66.0 Å². The third-order valence-electron chi connectivity index (χ3n) is 11.1. The van der Waals surface area contributed by atoms with E-state index in [4.69, 9.17) is 19.5 Å². The van der Waals surface area contributed by atoms with Gasteiger partial charge in [-0.1, -0.05) is 122 Å². The number of hydrogen-bond acceptors (Lipinski definition) is 4. The van der Waals surface area contributed by atoms with Crippen LogP contribution in [0, 0.1) is 46.8 Å². The first-order valence-electron chi connectivity index (χ1n) is 17.7. The molecule has 2 atom stereocenters. The SMILES string of the molecule is Cc1cc(Oc2[c-]c3c(cc2C)c2cc(C)cc4c2n3-c2ncccc2C4(C)C)[c-]c(C2=N[C@@H]3c4ccc(C)cc4-c4cc(C)ccc4[C@@H]3O2)c1.[Pt+2]. The Labute approximate surface area is 318 Å². The molecule has 2 aliphatic heterocycles. The quantitative estimate of drug-likeness (QED) is 0.166. The topological polar surface area (TPSA) is 48.6 Å². The molecule has 0 saturated heterocycles. The molecule has 6 heteroatoms. The van der Waals surface area contributed by atoms with Gasteiger partial charge >= 0.3 is 21.1 Å². The van der Waals surface area contributed by atoms with Crippen molar-refractivity contribution < 1.29 is 30.5 Å². The minimum Gasteiger partial charge on any atom is -0.510 e. The number of hydrogen-bond donors (Lipinski definition) is 0. The van der Waals surface area contributed by atoms with Crippen molar-refractivity contribution >= 4 is 27.7 Å². The predicted octanol–water partition coefficient (Wildman–Crippen LogP) is 11.0. The van der Waals surface area contributed by atoms with Crippen molar-refractivity contribution in [2.24, 2.45) is 4.99 Å². The van der Waals surface area contributed by atoms with Crippen molar-refractivity contribution in [2.75, 3.05) is 0 Å². The van der Waals surface area contributed by atoms with Crippen LogP contribution in [0.25, 0.3) is 38.8 Å². The van der Waals surface area contributed by atoms with Crippen LogP contribution in [0.4, 0.5) is 0 Å². The van der Waals surface area contributed by atoms with Gasteiger partial charge in [-0.25, -0.2) is 4.98 Å².